The van der Waals surface area contributed by atoms with Crippen LogP contribution in [-0.2, 0) is 11.2 Å². The van der Waals surface area contributed by atoms with Gasteiger partial charge < -0.3 is 20.9 Å². The summed E-state index contributed by atoms with van der Waals surface area (Å²) in [6.45, 7) is 4.55. The van der Waals surface area contributed by atoms with Crippen molar-refractivity contribution < 1.29 is 9.59 Å². The summed E-state index contributed by atoms with van der Waals surface area (Å²) in [4.78, 5) is 27.1. The summed E-state index contributed by atoms with van der Waals surface area (Å²) >= 11 is 0. The Morgan fingerprint density at radius 1 is 0.964 bits per heavy atom. The molecule has 0 saturated heterocycles. The summed E-state index contributed by atoms with van der Waals surface area (Å²) in [5.41, 5.74) is 3.67. The molecule has 4 N–H and O–H groups in total. The van der Waals surface area contributed by atoms with Crippen LogP contribution in [0.1, 0.15) is 25.8 Å². The number of hydrogen-bond donors (Lipinski definition) is 4. The Balaban J connectivity index is 1.45. The Morgan fingerprint density at radius 3 is 2.36 bits per heavy atom. The molecule has 1 heterocycles. The number of carbonyl (C=O) groups is 2. The molecule has 0 aliphatic rings. The molecule has 146 valence electrons. The second kappa shape index (κ2) is 9.08. The molecule has 0 saturated carbocycles. The van der Waals surface area contributed by atoms with E-state index in [2.05, 4.69) is 27.0 Å². The summed E-state index contributed by atoms with van der Waals surface area (Å²) in [6.07, 6.45) is 3.22. The molecule has 2 aromatic carbocycles. The van der Waals surface area contributed by atoms with Gasteiger partial charge in [-0.25, -0.2) is 4.79 Å². The average Bonchev–Trinajstić information content (AvgIpc) is 3.06. The summed E-state index contributed by atoms with van der Waals surface area (Å²) in [5.74, 6) is 0.305. The van der Waals surface area contributed by atoms with Gasteiger partial charge >= 0.3 is 6.03 Å². The molecule has 28 heavy (non-hydrogen) atoms. The van der Waals surface area contributed by atoms with Gasteiger partial charge in [0.25, 0.3) is 0 Å². The van der Waals surface area contributed by atoms with E-state index in [0.717, 1.165) is 17.6 Å². The Labute approximate surface area is 164 Å². The third kappa shape index (κ3) is 5.36. The zero-order chi connectivity index (χ0) is 19.9. The van der Waals surface area contributed by atoms with Crippen LogP contribution < -0.4 is 16.0 Å². The Hall–Kier alpha value is -3.28. The molecule has 3 aromatic rings. The number of carbonyl (C=O) groups excluding carboxylic acids is 2. The van der Waals surface area contributed by atoms with E-state index in [4.69, 9.17) is 0 Å². The van der Waals surface area contributed by atoms with Crippen molar-refractivity contribution in [2.24, 2.45) is 5.92 Å². The Bertz CT molecular complexity index is 945. The number of urea groups is 1. The van der Waals surface area contributed by atoms with E-state index in [0.29, 0.717) is 24.6 Å². The lowest BCUT2D eigenvalue weighted by molar-refractivity contribution is -0.116. The molecule has 0 bridgehead atoms. The van der Waals surface area contributed by atoms with Crippen molar-refractivity contribution in [2.75, 3.05) is 17.2 Å². The second-order valence-corrected chi connectivity index (χ2v) is 7.21. The lowest BCUT2D eigenvalue weighted by Gasteiger charge is -2.10. The van der Waals surface area contributed by atoms with Crippen LogP contribution in [0.15, 0.2) is 54.7 Å². The maximum atomic E-state index is 12.1. The van der Waals surface area contributed by atoms with Gasteiger partial charge in [-0.3, -0.25) is 4.79 Å². The number of anilines is 2. The minimum atomic E-state index is -0.253. The van der Waals surface area contributed by atoms with Gasteiger partial charge in [0, 0.05) is 41.4 Å². The number of amides is 3. The molecule has 0 aliphatic heterocycles. The summed E-state index contributed by atoms with van der Waals surface area (Å²) in [7, 11) is 0. The van der Waals surface area contributed by atoms with E-state index in [1.54, 1.807) is 24.3 Å². The molecule has 0 aliphatic carbocycles. The minimum Gasteiger partial charge on any atom is -0.361 e. The first-order chi connectivity index (χ1) is 13.5. The lowest BCUT2D eigenvalue weighted by Crippen LogP contribution is -2.30. The van der Waals surface area contributed by atoms with Crippen molar-refractivity contribution in [1.82, 2.24) is 10.3 Å². The molecule has 3 amide bonds. The molecule has 0 unspecified atom stereocenters. The maximum Gasteiger partial charge on any atom is 0.319 e. The SMILES string of the molecule is CC(C)CC(=O)Nc1ccc(NC(=O)NCCc2c[nH]c3ccccc23)cc1. The highest BCUT2D eigenvalue weighted by Crippen LogP contribution is 2.18. The number of benzene rings is 2. The number of H-pyrrole nitrogens is 1. The molecule has 0 spiro atoms. The van der Waals surface area contributed by atoms with E-state index in [1.165, 1.54) is 10.9 Å². The number of fused-ring (bicyclic) bond motifs is 1. The maximum absolute atomic E-state index is 12.1. The third-order valence-electron chi connectivity index (χ3n) is 4.37. The van der Waals surface area contributed by atoms with E-state index < -0.39 is 0 Å². The predicted octanol–water partition coefficient (Wildman–Crippen LogP) is 4.52. The molecule has 1 aromatic heterocycles. The quantitative estimate of drug-likeness (QED) is 0.487. The monoisotopic (exact) mass is 378 g/mol. The summed E-state index contributed by atoms with van der Waals surface area (Å²) < 4.78 is 0. The van der Waals surface area contributed by atoms with Crippen molar-refractivity contribution >= 4 is 34.2 Å². The second-order valence-electron chi connectivity index (χ2n) is 7.21. The van der Waals surface area contributed by atoms with Crippen molar-refractivity contribution in [1.29, 1.82) is 0 Å². The fraction of sp³-hybridized carbons (Fsp3) is 0.273. The minimum absolute atomic E-state index is 0.00858. The van der Waals surface area contributed by atoms with Crippen LogP contribution in [0.2, 0.25) is 0 Å². The fourth-order valence-corrected chi connectivity index (χ4v) is 3.04. The smallest absolute Gasteiger partial charge is 0.319 e. The van der Waals surface area contributed by atoms with Crippen LogP contribution in [0.3, 0.4) is 0 Å². The first kappa shape index (κ1) is 19.5. The lowest BCUT2D eigenvalue weighted by atomic mass is 10.1. The zero-order valence-corrected chi connectivity index (χ0v) is 16.2. The van der Waals surface area contributed by atoms with E-state index in [-0.39, 0.29) is 11.9 Å². The summed E-state index contributed by atoms with van der Waals surface area (Å²) in [5, 5.41) is 9.70. The van der Waals surface area contributed by atoms with Gasteiger partial charge in [-0.05, 0) is 48.2 Å². The predicted molar refractivity (Wildman–Crippen MR) is 114 cm³/mol. The standard InChI is InChI=1S/C22H26N4O2/c1-15(2)13-21(27)25-17-7-9-18(10-8-17)26-22(28)23-12-11-16-14-24-20-6-4-3-5-19(16)20/h3-10,14-15,24H,11-13H2,1-2H3,(H,25,27)(H2,23,26,28). The summed E-state index contributed by atoms with van der Waals surface area (Å²) in [6, 6.07) is 14.9. The van der Waals surface area contributed by atoms with Gasteiger partial charge in [0.1, 0.15) is 0 Å². The Kier molecular flexibility index (Phi) is 6.32. The van der Waals surface area contributed by atoms with Crippen LogP contribution in [0.25, 0.3) is 10.9 Å². The number of rotatable bonds is 7. The van der Waals surface area contributed by atoms with Gasteiger partial charge in [0.05, 0.1) is 0 Å². The third-order valence-corrected chi connectivity index (χ3v) is 4.37. The highest BCUT2D eigenvalue weighted by molar-refractivity contribution is 5.92. The largest absolute Gasteiger partial charge is 0.361 e. The average molecular weight is 378 g/mol. The van der Waals surface area contributed by atoms with Crippen LogP contribution in [0, 0.1) is 5.92 Å². The fourth-order valence-electron chi connectivity index (χ4n) is 3.04. The van der Waals surface area contributed by atoms with E-state index >= 15 is 0 Å². The van der Waals surface area contributed by atoms with Crippen LogP contribution in [0.4, 0.5) is 16.2 Å². The number of para-hydroxylation sites is 1. The highest BCUT2D eigenvalue weighted by atomic mass is 16.2. The van der Waals surface area contributed by atoms with Gasteiger partial charge in [-0.15, -0.1) is 0 Å². The van der Waals surface area contributed by atoms with Crippen LogP contribution in [-0.4, -0.2) is 23.5 Å². The van der Waals surface area contributed by atoms with Gasteiger partial charge in [0.2, 0.25) is 5.91 Å². The van der Waals surface area contributed by atoms with Crippen molar-refractivity contribution in [3.63, 3.8) is 0 Å². The number of hydrogen-bond acceptors (Lipinski definition) is 2. The van der Waals surface area contributed by atoms with Gasteiger partial charge in [0.15, 0.2) is 0 Å². The van der Waals surface area contributed by atoms with E-state index in [9.17, 15) is 9.59 Å². The van der Waals surface area contributed by atoms with Crippen LogP contribution >= 0.6 is 0 Å². The van der Waals surface area contributed by atoms with Gasteiger partial charge in [-0.1, -0.05) is 32.0 Å². The van der Waals surface area contributed by atoms with E-state index in [1.807, 2.05) is 38.2 Å². The molecule has 6 nitrogen and oxygen atoms in total. The van der Waals surface area contributed by atoms with Gasteiger partial charge in [-0.2, -0.15) is 0 Å². The highest BCUT2D eigenvalue weighted by Gasteiger charge is 2.07. The molecule has 0 fully saturated rings. The number of aromatic amines is 1. The van der Waals surface area contributed by atoms with Crippen molar-refractivity contribution in [3.8, 4) is 0 Å². The van der Waals surface area contributed by atoms with Crippen molar-refractivity contribution in [3.05, 3.63) is 60.3 Å². The molecule has 6 heteroatoms. The van der Waals surface area contributed by atoms with Crippen LogP contribution in [0.5, 0.6) is 0 Å². The molecular formula is C22H26N4O2. The molecule has 3 rings (SSSR count). The number of aromatic nitrogens is 1. The zero-order valence-electron chi connectivity index (χ0n) is 16.2. The Morgan fingerprint density at radius 2 is 1.64 bits per heavy atom. The molecular weight excluding hydrogens is 352 g/mol. The molecule has 0 radical (unpaired) electrons. The number of nitrogens with one attached hydrogen (secondary N) is 4. The topological polar surface area (TPSA) is 86.0 Å². The first-order valence-electron chi connectivity index (χ1n) is 9.51. The molecule has 0 atom stereocenters. The normalized spacial score (nSPS) is 10.8. The first-order valence-corrected chi connectivity index (χ1v) is 9.51. The van der Waals surface area contributed by atoms with Crippen molar-refractivity contribution in [2.45, 2.75) is 26.7 Å².